The van der Waals surface area contributed by atoms with Crippen molar-refractivity contribution in [1.82, 2.24) is 29.7 Å². The van der Waals surface area contributed by atoms with Gasteiger partial charge in [-0.2, -0.15) is 15.2 Å². The number of fused-ring (bicyclic) bond motifs is 2. The van der Waals surface area contributed by atoms with E-state index in [-0.39, 0.29) is 61.1 Å². The van der Waals surface area contributed by atoms with E-state index >= 15 is 4.39 Å². The normalized spacial score (nSPS) is 19.9. The molecule has 48 heavy (non-hydrogen) atoms. The van der Waals surface area contributed by atoms with Gasteiger partial charge in [-0.3, -0.25) is 14.9 Å². The number of rotatable bonds is 6. The molecular formula is C33H34ClF3N8O3. The van der Waals surface area contributed by atoms with Gasteiger partial charge in [-0.05, 0) is 33.9 Å². The Morgan fingerprint density at radius 3 is 2.67 bits per heavy atom. The molecule has 6 rings (SSSR count). The summed E-state index contributed by atoms with van der Waals surface area (Å²) in [5, 5.41) is 11.5. The fraction of sp³-hybridized carbons (Fsp3) is 0.455. The highest BCUT2D eigenvalue weighted by atomic mass is 35.5. The number of likely N-dealkylation sites (N-methyl/N-ethyl adjacent to an activating group) is 1. The largest absolute Gasteiger partial charge is 0.462 e. The van der Waals surface area contributed by atoms with Gasteiger partial charge in [-0.25, -0.2) is 18.0 Å². The first-order valence-corrected chi connectivity index (χ1v) is 15.8. The Balaban J connectivity index is 1.42. The Bertz CT molecular complexity index is 1910. The van der Waals surface area contributed by atoms with Gasteiger partial charge >= 0.3 is 12.1 Å². The van der Waals surface area contributed by atoms with Crippen LogP contribution in [0, 0.1) is 17.1 Å². The summed E-state index contributed by atoms with van der Waals surface area (Å²) in [5.74, 6) is -3.37. The van der Waals surface area contributed by atoms with E-state index in [1.54, 1.807) is 52.2 Å². The highest BCUT2D eigenvalue weighted by molar-refractivity contribution is 6.36. The minimum absolute atomic E-state index is 0.00986. The van der Waals surface area contributed by atoms with Crippen molar-refractivity contribution < 1.29 is 27.4 Å². The maximum Gasteiger partial charge on any atom is 0.410 e. The molecule has 0 aliphatic carbocycles. The van der Waals surface area contributed by atoms with E-state index in [4.69, 9.17) is 21.1 Å². The SMILES string of the molecule is CN1CC(F)(F)C[C@H]1COc1nc(N2CCN(C(=O)OC(C)(C)C)[C@@H](CC#N)C2)c2cnc(-c3cncc4cccc(Cl)c34)c(F)c2n1. The quantitative estimate of drug-likeness (QED) is 0.236. The molecule has 0 N–H and O–H groups in total. The molecule has 11 nitrogen and oxygen atoms in total. The summed E-state index contributed by atoms with van der Waals surface area (Å²) >= 11 is 6.53. The zero-order valence-electron chi connectivity index (χ0n) is 26.9. The maximum atomic E-state index is 16.7. The number of amides is 1. The lowest BCUT2D eigenvalue weighted by atomic mass is 10.0. The van der Waals surface area contributed by atoms with Gasteiger partial charge in [0.05, 0.1) is 30.5 Å². The fourth-order valence-corrected chi connectivity index (χ4v) is 6.47. The van der Waals surface area contributed by atoms with Gasteiger partial charge in [0.25, 0.3) is 5.92 Å². The topological polar surface area (TPSA) is 121 Å². The van der Waals surface area contributed by atoms with Crippen molar-refractivity contribution in [2.24, 2.45) is 0 Å². The summed E-state index contributed by atoms with van der Waals surface area (Å²) in [6.45, 7) is 5.35. The predicted molar refractivity (Wildman–Crippen MR) is 174 cm³/mol. The number of anilines is 1. The van der Waals surface area contributed by atoms with Crippen LogP contribution in [0.4, 0.5) is 23.8 Å². The Kier molecular flexibility index (Phi) is 8.95. The van der Waals surface area contributed by atoms with Crippen LogP contribution < -0.4 is 9.64 Å². The molecule has 2 aliphatic heterocycles. The lowest BCUT2D eigenvalue weighted by molar-refractivity contribution is 0.0132. The molecule has 2 saturated heterocycles. The molecule has 15 heteroatoms. The number of piperazine rings is 1. The second kappa shape index (κ2) is 12.9. The summed E-state index contributed by atoms with van der Waals surface area (Å²) in [6.07, 6.45) is 3.61. The van der Waals surface area contributed by atoms with Crippen LogP contribution in [0.15, 0.2) is 36.8 Å². The summed E-state index contributed by atoms with van der Waals surface area (Å²) in [4.78, 5) is 35.6. The van der Waals surface area contributed by atoms with Crippen LogP contribution in [-0.4, -0.2) is 99.3 Å². The van der Waals surface area contributed by atoms with Crippen LogP contribution in [-0.2, 0) is 4.74 Å². The molecule has 5 heterocycles. The first-order chi connectivity index (χ1) is 22.7. The van der Waals surface area contributed by atoms with Crippen molar-refractivity contribution in [3.8, 4) is 23.3 Å². The van der Waals surface area contributed by atoms with Crippen LogP contribution in [0.1, 0.15) is 33.6 Å². The van der Waals surface area contributed by atoms with E-state index in [1.165, 1.54) is 22.2 Å². The van der Waals surface area contributed by atoms with Gasteiger partial charge in [-0.1, -0.05) is 23.7 Å². The number of carbonyl (C=O) groups is 1. The predicted octanol–water partition coefficient (Wildman–Crippen LogP) is 6.09. The first kappa shape index (κ1) is 33.4. The van der Waals surface area contributed by atoms with Crippen molar-refractivity contribution in [3.05, 3.63) is 47.6 Å². The maximum absolute atomic E-state index is 16.7. The number of carbonyl (C=O) groups excluding carboxylic acids is 1. The monoisotopic (exact) mass is 682 g/mol. The number of hydrogen-bond donors (Lipinski definition) is 0. The summed E-state index contributed by atoms with van der Waals surface area (Å²) in [6, 6.07) is 6.01. The molecule has 252 valence electrons. The molecule has 0 unspecified atom stereocenters. The molecule has 2 atom stereocenters. The molecule has 0 saturated carbocycles. The van der Waals surface area contributed by atoms with Gasteiger partial charge in [0.2, 0.25) is 0 Å². The van der Waals surface area contributed by atoms with E-state index in [1.807, 2.05) is 4.90 Å². The highest BCUT2D eigenvalue weighted by Crippen LogP contribution is 2.38. The number of hydrogen-bond acceptors (Lipinski definition) is 10. The van der Waals surface area contributed by atoms with Crippen molar-refractivity contribution in [3.63, 3.8) is 0 Å². The lowest BCUT2D eigenvalue weighted by Crippen LogP contribution is -2.56. The van der Waals surface area contributed by atoms with E-state index in [0.717, 1.165) is 0 Å². The molecule has 0 bridgehead atoms. The second-order valence-corrected chi connectivity index (χ2v) is 13.5. The highest BCUT2D eigenvalue weighted by Gasteiger charge is 2.43. The number of nitrogens with zero attached hydrogens (tertiary/aromatic N) is 8. The van der Waals surface area contributed by atoms with Crippen molar-refractivity contribution in [2.75, 3.05) is 44.7 Å². The minimum Gasteiger partial charge on any atom is -0.462 e. The van der Waals surface area contributed by atoms with Crippen molar-refractivity contribution in [2.45, 2.75) is 57.2 Å². The third-order valence-corrected chi connectivity index (χ3v) is 8.73. The Morgan fingerprint density at radius 2 is 1.96 bits per heavy atom. The number of likely N-dealkylation sites (tertiary alicyclic amines) is 1. The molecule has 4 aromatic rings. The number of ether oxygens (including phenoxy) is 2. The molecule has 1 amide bonds. The standard InChI is InChI=1S/C33H34ClF3N8O3/c1-32(2,3)48-31(46)45-11-10-44(16-20(45)8-9-38)29-23-15-40-27(22-14-39-13-19-6-5-7-24(34)25(19)22)26(35)28(23)41-30(42-29)47-17-21-12-33(36,37)18-43(21)4/h5-7,13-15,20-21H,8,10-12,16-18H2,1-4H3/t20-,21-/m0/s1. The average Bonchev–Trinajstić information content (AvgIpc) is 3.29. The zero-order valence-corrected chi connectivity index (χ0v) is 27.6. The van der Waals surface area contributed by atoms with Gasteiger partial charge in [0.15, 0.2) is 5.82 Å². The molecule has 3 aromatic heterocycles. The number of halogens is 4. The fourth-order valence-electron chi connectivity index (χ4n) is 6.19. The number of benzene rings is 1. The van der Waals surface area contributed by atoms with Crippen LogP contribution in [0.2, 0.25) is 5.02 Å². The van der Waals surface area contributed by atoms with E-state index in [9.17, 15) is 18.8 Å². The van der Waals surface area contributed by atoms with E-state index in [0.29, 0.717) is 21.4 Å². The number of pyridine rings is 2. The van der Waals surface area contributed by atoms with Gasteiger partial charge in [0, 0.05) is 72.0 Å². The van der Waals surface area contributed by atoms with Crippen LogP contribution in [0.25, 0.3) is 32.9 Å². The molecule has 1 aromatic carbocycles. The van der Waals surface area contributed by atoms with Gasteiger partial charge in [-0.15, -0.1) is 0 Å². The number of aromatic nitrogens is 4. The first-order valence-electron chi connectivity index (χ1n) is 15.5. The molecule has 2 aliphatic rings. The smallest absolute Gasteiger partial charge is 0.410 e. The Labute approximate surface area is 280 Å². The second-order valence-electron chi connectivity index (χ2n) is 13.1. The van der Waals surface area contributed by atoms with Crippen LogP contribution >= 0.6 is 11.6 Å². The van der Waals surface area contributed by atoms with E-state index < -0.39 is 48.5 Å². The minimum atomic E-state index is -2.86. The van der Waals surface area contributed by atoms with Gasteiger partial charge in [0.1, 0.15) is 29.2 Å². The third kappa shape index (κ3) is 6.75. The average molecular weight is 683 g/mol. The zero-order chi connectivity index (χ0) is 34.4. The van der Waals surface area contributed by atoms with Crippen molar-refractivity contribution >= 4 is 45.2 Å². The molecular weight excluding hydrogens is 649 g/mol. The van der Waals surface area contributed by atoms with Crippen molar-refractivity contribution in [1.29, 1.82) is 5.26 Å². The number of alkyl halides is 2. The molecule has 2 fully saturated rings. The van der Waals surface area contributed by atoms with Crippen LogP contribution in [0.3, 0.4) is 0 Å². The summed E-state index contributed by atoms with van der Waals surface area (Å²) < 4.78 is 56.3. The van der Waals surface area contributed by atoms with E-state index in [2.05, 4.69) is 26.0 Å². The third-order valence-electron chi connectivity index (χ3n) is 8.41. The number of nitriles is 1. The Morgan fingerprint density at radius 1 is 1.17 bits per heavy atom. The molecule has 0 radical (unpaired) electrons. The lowest BCUT2D eigenvalue weighted by Gasteiger charge is -2.41. The molecule has 0 spiro atoms. The Hall–Kier alpha value is -4.48. The van der Waals surface area contributed by atoms with Gasteiger partial charge < -0.3 is 19.3 Å². The van der Waals surface area contributed by atoms with Crippen LogP contribution in [0.5, 0.6) is 6.01 Å². The summed E-state index contributed by atoms with van der Waals surface area (Å²) in [5.41, 5.74) is -0.532. The summed E-state index contributed by atoms with van der Waals surface area (Å²) in [7, 11) is 1.59.